The van der Waals surface area contributed by atoms with Crippen molar-refractivity contribution in [1.82, 2.24) is 0 Å². The Morgan fingerprint density at radius 2 is 1.95 bits per heavy atom. The number of carboxylic acid groups (broad SMARTS) is 1. The molecule has 0 saturated heterocycles. The van der Waals surface area contributed by atoms with Crippen molar-refractivity contribution in [3.8, 4) is 0 Å². The molecule has 0 aliphatic carbocycles. The molecule has 2 aromatic rings. The van der Waals surface area contributed by atoms with E-state index in [-0.39, 0.29) is 0 Å². The SMILES string of the molecule is C1=Cc2sc3ccccc3[n+]2C1.O=C([O-])C(F)(F)F. The van der Waals surface area contributed by atoms with Crippen LogP contribution in [0.1, 0.15) is 5.01 Å². The fourth-order valence-electron chi connectivity index (χ4n) is 1.62. The maximum atomic E-state index is 10.5. The highest BCUT2D eigenvalue weighted by Gasteiger charge is 2.28. The molecule has 19 heavy (non-hydrogen) atoms. The third-order valence-electron chi connectivity index (χ3n) is 2.42. The highest BCUT2D eigenvalue weighted by Crippen LogP contribution is 2.23. The summed E-state index contributed by atoms with van der Waals surface area (Å²) < 4.78 is 35.3. The molecule has 1 aromatic carbocycles. The smallest absolute Gasteiger partial charge is 0.430 e. The van der Waals surface area contributed by atoms with Gasteiger partial charge in [0.2, 0.25) is 5.52 Å². The van der Waals surface area contributed by atoms with Crippen molar-refractivity contribution in [3.05, 3.63) is 35.3 Å². The molecule has 7 heteroatoms. The molecule has 0 atom stereocenters. The van der Waals surface area contributed by atoms with Crippen LogP contribution in [0.5, 0.6) is 0 Å². The Balaban J connectivity index is 0.000000167. The molecular formula is C12H8F3NO2S. The summed E-state index contributed by atoms with van der Waals surface area (Å²) in [6.45, 7) is 1.04. The van der Waals surface area contributed by atoms with Crippen molar-refractivity contribution in [2.75, 3.05) is 0 Å². The number of hydrogen-bond donors (Lipinski definition) is 0. The Kier molecular flexibility index (Phi) is 3.57. The predicted molar refractivity (Wildman–Crippen MR) is 62.1 cm³/mol. The summed E-state index contributed by atoms with van der Waals surface area (Å²) in [6, 6.07) is 8.56. The number of para-hydroxylation sites is 1. The number of carbonyl (C=O) groups is 1. The summed E-state index contributed by atoms with van der Waals surface area (Å²) in [5, 5.41) is 10.2. The molecule has 0 fully saturated rings. The minimum absolute atomic E-state index is 1.04. The predicted octanol–water partition coefficient (Wildman–Crippen LogP) is 1.51. The molecule has 0 radical (unpaired) electrons. The van der Waals surface area contributed by atoms with E-state index in [1.165, 1.54) is 15.2 Å². The zero-order chi connectivity index (χ0) is 14.0. The van der Waals surface area contributed by atoms with Gasteiger partial charge in [-0.05, 0) is 12.1 Å². The number of allylic oxidation sites excluding steroid dienone is 1. The van der Waals surface area contributed by atoms with Crippen molar-refractivity contribution in [2.24, 2.45) is 0 Å². The van der Waals surface area contributed by atoms with Crippen molar-refractivity contribution in [3.63, 3.8) is 0 Å². The maximum absolute atomic E-state index is 10.5. The highest BCUT2D eigenvalue weighted by molar-refractivity contribution is 7.18. The standard InChI is InChI=1S/C10H8NS.C2HF3O2/c1-2-5-9-8(4-1)11-7-3-6-10(11)12-9;3-2(4,5)1(6)7/h1-6H,7H2;(H,6,7)/q+1;/p-1. The fourth-order valence-corrected chi connectivity index (χ4v) is 2.73. The van der Waals surface area contributed by atoms with E-state index in [9.17, 15) is 13.2 Å². The lowest BCUT2D eigenvalue weighted by Gasteiger charge is -2.03. The highest BCUT2D eigenvalue weighted by atomic mass is 32.1. The second kappa shape index (κ2) is 5.00. The molecule has 0 spiro atoms. The zero-order valence-corrected chi connectivity index (χ0v) is 10.3. The van der Waals surface area contributed by atoms with E-state index in [4.69, 9.17) is 9.90 Å². The maximum Gasteiger partial charge on any atom is 0.430 e. The second-order valence-corrected chi connectivity index (χ2v) is 4.77. The van der Waals surface area contributed by atoms with Gasteiger partial charge in [0, 0.05) is 12.1 Å². The Labute approximate surface area is 110 Å². The third-order valence-corrected chi connectivity index (χ3v) is 3.55. The van der Waals surface area contributed by atoms with Gasteiger partial charge in [-0.25, -0.2) is 0 Å². The number of nitrogens with zero attached hydrogens (tertiary/aromatic N) is 1. The number of fused-ring (bicyclic) bond motifs is 3. The van der Waals surface area contributed by atoms with Gasteiger partial charge in [0.15, 0.2) is 6.54 Å². The Bertz CT molecular complexity index is 646. The number of benzene rings is 1. The molecule has 0 amide bonds. The number of hydrogen-bond acceptors (Lipinski definition) is 3. The molecule has 0 saturated carbocycles. The second-order valence-electron chi connectivity index (χ2n) is 3.71. The minimum Gasteiger partial charge on any atom is -0.542 e. The summed E-state index contributed by atoms with van der Waals surface area (Å²) in [4.78, 5) is 8.78. The Morgan fingerprint density at radius 3 is 2.58 bits per heavy atom. The monoisotopic (exact) mass is 287 g/mol. The van der Waals surface area contributed by atoms with Crippen LogP contribution in [0.3, 0.4) is 0 Å². The quantitative estimate of drug-likeness (QED) is 0.689. The van der Waals surface area contributed by atoms with Gasteiger partial charge < -0.3 is 9.90 Å². The van der Waals surface area contributed by atoms with Gasteiger partial charge in [-0.2, -0.15) is 17.7 Å². The van der Waals surface area contributed by atoms with E-state index >= 15 is 0 Å². The first kappa shape index (κ1) is 13.5. The largest absolute Gasteiger partial charge is 0.542 e. The van der Waals surface area contributed by atoms with Gasteiger partial charge in [-0.3, -0.25) is 0 Å². The lowest BCUT2D eigenvalue weighted by Crippen LogP contribution is -2.37. The fraction of sp³-hybridized carbons (Fsp3) is 0.167. The number of aromatic nitrogens is 1. The molecular weight excluding hydrogens is 279 g/mol. The van der Waals surface area contributed by atoms with Gasteiger partial charge in [-0.1, -0.05) is 23.5 Å². The summed E-state index contributed by atoms with van der Waals surface area (Å²) in [7, 11) is 0. The molecule has 2 heterocycles. The molecule has 1 aromatic heterocycles. The first-order valence-corrected chi connectivity index (χ1v) is 6.07. The number of alkyl halides is 3. The topological polar surface area (TPSA) is 44.0 Å². The molecule has 1 aliphatic rings. The first-order chi connectivity index (χ1) is 8.89. The molecule has 0 unspecified atom stereocenters. The van der Waals surface area contributed by atoms with Crippen LogP contribution < -0.4 is 9.67 Å². The molecule has 3 nitrogen and oxygen atoms in total. The van der Waals surface area contributed by atoms with Gasteiger partial charge in [0.25, 0.3) is 5.01 Å². The van der Waals surface area contributed by atoms with E-state index in [1.807, 2.05) is 11.3 Å². The minimum atomic E-state index is -5.19. The molecule has 0 N–H and O–H groups in total. The van der Waals surface area contributed by atoms with Crippen molar-refractivity contribution in [2.45, 2.75) is 12.7 Å². The van der Waals surface area contributed by atoms with E-state index in [1.54, 1.807) is 0 Å². The number of halogens is 3. The average Bonchev–Trinajstić information content (AvgIpc) is 2.88. The van der Waals surface area contributed by atoms with E-state index in [0.29, 0.717) is 0 Å². The van der Waals surface area contributed by atoms with Crippen LogP contribution in [0.25, 0.3) is 16.3 Å². The lowest BCUT2D eigenvalue weighted by atomic mass is 10.3. The summed E-state index contributed by atoms with van der Waals surface area (Å²) in [5.74, 6) is -3.01. The first-order valence-electron chi connectivity index (χ1n) is 5.25. The van der Waals surface area contributed by atoms with Crippen molar-refractivity contribution >= 4 is 33.6 Å². The van der Waals surface area contributed by atoms with Crippen LogP contribution in [0, 0.1) is 0 Å². The van der Waals surface area contributed by atoms with Crippen LogP contribution in [0.15, 0.2) is 30.3 Å². The van der Waals surface area contributed by atoms with Crippen molar-refractivity contribution < 1.29 is 27.6 Å². The van der Waals surface area contributed by atoms with Gasteiger partial charge >= 0.3 is 6.18 Å². The van der Waals surface area contributed by atoms with Gasteiger partial charge in [0.05, 0.1) is 0 Å². The normalized spacial score (nSPS) is 13.0. The molecule has 3 rings (SSSR count). The van der Waals surface area contributed by atoms with Gasteiger partial charge in [0.1, 0.15) is 10.7 Å². The zero-order valence-electron chi connectivity index (χ0n) is 9.48. The van der Waals surface area contributed by atoms with Crippen LogP contribution >= 0.6 is 11.3 Å². The van der Waals surface area contributed by atoms with Crippen LogP contribution in [-0.2, 0) is 11.3 Å². The number of thiazole rings is 1. The Hall–Kier alpha value is -1.89. The van der Waals surface area contributed by atoms with Crippen LogP contribution in [0.4, 0.5) is 13.2 Å². The van der Waals surface area contributed by atoms with Crippen LogP contribution in [0.2, 0.25) is 0 Å². The number of aliphatic carboxylic acids is 1. The van der Waals surface area contributed by atoms with E-state index < -0.39 is 12.1 Å². The molecule has 100 valence electrons. The van der Waals surface area contributed by atoms with Crippen LogP contribution in [-0.4, -0.2) is 12.1 Å². The molecule has 1 aliphatic heterocycles. The number of rotatable bonds is 0. The number of carboxylic acids is 1. The Morgan fingerprint density at radius 1 is 1.32 bits per heavy atom. The lowest BCUT2D eigenvalue weighted by molar-refractivity contribution is -0.654. The summed E-state index contributed by atoms with van der Waals surface area (Å²) in [6.07, 6.45) is -0.789. The average molecular weight is 287 g/mol. The van der Waals surface area contributed by atoms with Crippen molar-refractivity contribution in [1.29, 1.82) is 0 Å². The van der Waals surface area contributed by atoms with Gasteiger partial charge in [-0.15, -0.1) is 0 Å². The third kappa shape index (κ3) is 2.93. The summed E-state index contributed by atoms with van der Waals surface area (Å²) >= 11 is 1.86. The number of carbonyl (C=O) groups excluding carboxylic acids is 1. The summed E-state index contributed by atoms with van der Waals surface area (Å²) in [5.41, 5.74) is 1.36. The van der Waals surface area contributed by atoms with E-state index in [2.05, 4.69) is 41.0 Å². The molecule has 0 bridgehead atoms. The van der Waals surface area contributed by atoms with E-state index in [0.717, 1.165) is 6.54 Å².